The minimum absolute atomic E-state index is 0.315. The Labute approximate surface area is 284 Å². The fourth-order valence-corrected chi connectivity index (χ4v) is 7.28. The molecule has 240 valence electrons. The van der Waals surface area contributed by atoms with Gasteiger partial charge in [0.05, 0.1) is 23.3 Å². The van der Waals surface area contributed by atoms with Gasteiger partial charge in [-0.05, 0) is 116 Å². The molecule has 0 spiro atoms. The molecule has 4 heterocycles. The highest BCUT2D eigenvalue weighted by atomic mass is 35.5. The summed E-state index contributed by atoms with van der Waals surface area (Å²) >= 11 is 6.41. The zero-order valence-corrected chi connectivity index (χ0v) is 27.3. The number of benzene rings is 3. The summed E-state index contributed by atoms with van der Waals surface area (Å²) in [6.45, 7) is 3.69. The SMILES string of the molecule is Fc1ccc2c(c1)nc(-c1ccccn1)n2-c1ccc(OCCCN2CCC(=C3c4ccc(Cl)cc4CCc4cccnc43)CC2)cc1. The van der Waals surface area contributed by atoms with Crippen molar-refractivity contribution in [2.24, 2.45) is 0 Å². The molecule has 3 aromatic carbocycles. The first-order valence-corrected chi connectivity index (χ1v) is 17.0. The van der Waals surface area contributed by atoms with Gasteiger partial charge in [0.25, 0.3) is 0 Å². The highest BCUT2D eigenvalue weighted by Gasteiger charge is 2.25. The molecule has 0 bridgehead atoms. The van der Waals surface area contributed by atoms with Gasteiger partial charge in [0, 0.05) is 54.4 Å². The fourth-order valence-electron chi connectivity index (χ4n) is 7.08. The van der Waals surface area contributed by atoms with Crippen molar-refractivity contribution in [1.29, 1.82) is 0 Å². The molecule has 0 radical (unpaired) electrons. The number of pyridine rings is 2. The molecule has 1 aliphatic heterocycles. The number of hydrogen-bond donors (Lipinski definition) is 0. The van der Waals surface area contributed by atoms with Crippen LogP contribution >= 0.6 is 11.6 Å². The summed E-state index contributed by atoms with van der Waals surface area (Å²) in [7, 11) is 0. The fraction of sp³-hybridized carbons (Fsp3) is 0.225. The van der Waals surface area contributed by atoms with E-state index in [9.17, 15) is 4.39 Å². The van der Waals surface area contributed by atoms with Gasteiger partial charge in [-0.1, -0.05) is 35.4 Å². The van der Waals surface area contributed by atoms with E-state index in [-0.39, 0.29) is 5.82 Å². The summed E-state index contributed by atoms with van der Waals surface area (Å²) in [6, 6.07) is 29.0. The number of ether oxygens (including phenoxy) is 1. The van der Waals surface area contributed by atoms with Gasteiger partial charge in [0.1, 0.15) is 17.3 Å². The molecule has 3 aromatic heterocycles. The lowest BCUT2D eigenvalue weighted by Gasteiger charge is -2.30. The number of aryl methyl sites for hydroxylation is 2. The number of hydrogen-bond acceptors (Lipinski definition) is 5. The normalized spacial score (nSPS) is 14.9. The van der Waals surface area contributed by atoms with Crippen molar-refractivity contribution in [2.45, 2.75) is 32.1 Å². The minimum atomic E-state index is -0.315. The van der Waals surface area contributed by atoms with E-state index < -0.39 is 0 Å². The highest BCUT2D eigenvalue weighted by Crippen LogP contribution is 2.38. The Morgan fingerprint density at radius 1 is 0.792 bits per heavy atom. The molecule has 0 unspecified atom stereocenters. The third-order valence-corrected chi connectivity index (χ3v) is 9.67. The molecular formula is C40H35ClFN5O. The van der Waals surface area contributed by atoms with Crippen molar-refractivity contribution < 1.29 is 9.13 Å². The number of rotatable bonds is 7. The third kappa shape index (κ3) is 6.12. The van der Waals surface area contributed by atoms with Gasteiger partial charge in [-0.2, -0.15) is 0 Å². The quantitative estimate of drug-likeness (QED) is 0.161. The Hall–Kier alpha value is -4.85. The minimum Gasteiger partial charge on any atom is -0.494 e. The number of piperidine rings is 1. The summed E-state index contributed by atoms with van der Waals surface area (Å²) in [6.07, 6.45) is 8.63. The molecule has 1 fully saturated rings. The van der Waals surface area contributed by atoms with Gasteiger partial charge in [-0.3, -0.25) is 14.5 Å². The number of imidazole rings is 1. The maximum atomic E-state index is 14.0. The second kappa shape index (κ2) is 13.3. The van der Waals surface area contributed by atoms with Crippen LogP contribution in [0.5, 0.6) is 5.75 Å². The number of fused-ring (bicyclic) bond motifs is 3. The zero-order chi connectivity index (χ0) is 32.5. The maximum absolute atomic E-state index is 14.0. The van der Waals surface area contributed by atoms with Crippen molar-refractivity contribution in [3.8, 4) is 23.0 Å². The molecule has 48 heavy (non-hydrogen) atoms. The van der Waals surface area contributed by atoms with Crippen LogP contribution in [0.3, 0.4) is 0 Å². The van der Waals surface area contributed by atoms with Crippen molar-refractivity contribution in [3.05, 3.63) is 142 Å². The topological polar surface area (TPSA) is 56.1 Å². The Kier molecular flexibility index (Phi) is 8.47. The van der Waals surface area contributed by atoms with Gasteiger partial charge in [0.15, 0.2) is 5.82 Å². The Morgan fingerprint density at radius 2 is 1.62 bits per heavy atom. The monoisotopic (exact) mass is 655 g/mol. The molecule has 1 saturated heterocycles. The van der Waals surface area contributed by atoms with Crippen LogP contribution in [0.1, 0.15) is 41.6 Å². The summed E-state index contributed by atoms with van der Waals surface area (Å²) in [5.41, 5.74) is 10.9. The van der Waals surface area contributed by atoms with Gasteiger partial charge in [0.2, 0.25) is 0 Å². The van der Waals surface area contributed by atoms with Crippen LogP contribution in [0.25, 0.3) is 33.8 Å². The first kappa shape index (κ1) is 30.5. The number of likely N-dealkylation sites (tertiary alicyclic amines) is 1. The second-order valence-corrected chi connectivity index (χ2v) is 12.9. The first-order valence-electron chi connectivity index (χ1n) is 16.6. The predicted octanol–water partition coefficient (Wildman–Crippen LogP) is 8.74. The van der Waals surface area contributed by atoms with Crippen LogP contribution in [0.2, 0.25) is 5.02 Å². The van der Waals surface area contributed by atoms with E-state index in [0.717, 1.165) is 85.1 Å². The molecule has 6 nitrogen and oxygen atoms in total. The summed E-state index contributed by atoms with van der Waals surface area (Å²) in [5, 5.41) is 0.796. The summed E-state index contributed by atoms with van der Waals surface area (Å²) < 4.78 is 22.2. The standard InChI is InChI=1S/C40H35ClFN5O/c41-30-9-15-34-29(25-30)8-7-28-5-3-20-44-39(28)38(34)27-17-22-46(23-18-27)21-4-24-48-33-13-11-32(12-14-33)47-37-16-10-31(42)26-36(37)45-40(47)35-6-1-2-19-43-35/h1-3,5-6,9-16,19-20,25-26H,4,7-8,17-18,21-24H2. The molecule has 2 aliphatic rings. The van der Waals surface area contributed by atoms with Crippen LogP contribution in [-0.4, -0.2) is 50.7 Å². The molecule has 0 N–H and O–H groups in total. The molecular weight excluding hydrogens is 621 g/mol. The number of halogens is 2. The van der Waals surface area contributed by atoms with Gasteiger partial charge in [-0.25, -0.2) is 9.37 Å². The molecule has 8 rings (SSSR count). The van der Waals surface area contributed by atoms with Crippen molar-refractivity contribution in [3.63, 3.8) is 0 Å². The number of nitrogens with zero attached hydrogens (tertiary/aromatic N) is 5. The van der Waals surface area contributed by atoms with Gasteiger partial charge < -0.3 is 9.64 Å². The number of aromatic nitrogens is 4. The van der Waals surface area contributed by atoms with Crippen LogP contribution in [-0.2, 0) is 12.8 Å². The Balaban J connectivity index is 0.913. The lowest BCUT2D eigenvalue weighted by Crippen LogP contribution is -2.32. The lowest BCUT2D eigenvalue weighted by atomic mass is 9.88. The zero-order valence-electron chi connectivity index (χ0n) is 26.6. The van der Waals surface area contributed by atoms with E-state index in [1.165, 1.54) is 40.0 Å². The molecule has 1 aliphatic carbocycles. The van der Waals surface area contributed by atoms with E-state index >= 15 is 0 Å². The van der Waals surface area contributed by atoms with Crippen molar-refractivity contribution in [2.75, 3.05) is 26.2 Å². The van der Waals surface area contributed by atoms with E-state index in [1.807, 2.05) is 65.4 Å². The summed E-state index contributed by atoms with van der Waals surface area (Å²) in [4.78, 5) is 16.6. The Bertz CT molecular complexity index is 2120. The molecule has 8 heteroatoms. The average molecular weight is 656 g/mol. The highest BCUT2D eigenvalue weighted by molar-refractivity contribution is 6.30. The van der Waals surface area contributed by atoms with Gasteiger partial charge >= 0.3 is 0 Å². The van der Waals surface area contributed by atoms with Crippen LogP contribution < -0.4 is 4.74 Å². The van der Waals surface area contributed by atoms with E-state index in [4.69, 9.17) is 26.3 Å². The van der Waals surface area contributed by atoms with Crippen LogP contribution in [0, 0.1) is 5.82 Å². The maximum Gasteiger partial charge on any atom is 0.164 e. The first-order chi connectivity index (χ1) is 23.6. The van der Waals surface area contributed by atoms with Crippen molar-refractivity contribution >= 4 is 28.2 Å². The largest absolute Gasteiger partial charge is 0.494 e. The van der Waals surface area contributed by atoms with E-state index in [1.54, 1.807) is 12.3 Å². The third-order valence-electron chi connectivity index (χ3n) is 9.43. The Morgan fingerprint density at radius 3 is 2.46 bits per heavy atom. The molecule has 6 aromatic rings. The predicted molar refractivity (Wildman–Crippen MR) is 189 cm³/mol. The average Bonchev–Trinajstić information content (AvgIpc) is 3.42. The van der Waals surface area contributed by atoms with E-state index in [0.29, 0.717) is 17.9 Å². The van der Waals surface area contributed by atoms with Crippen LogP contribution in [0.15, 0.2) is 109 Å². The van der Waals surface area contributed by atoms with Crippen molar-refractivity contribution in [1.82, 2.24) is 24.4 Å². The van der Waals surface area contributed by atoms with E-state index in [2.05, 4.69) is 28.1 Å². The smallest absolute Gasteiger partial charge is 0.164 e. The molecule has 0 saturated carbocycles. The van der Waals surface area contributed by atoms with Crippen LogP contribution in [0.4, 0.5) is 4.39 Å². The molecule has 0 atom stereocenters. The summed E-state index contributed by atoms with van der Waals surface area (Å²) in [5.74, 6) is 1.17. The molecule has 0 amide bonds. The second-order valence-electron chi connectivity index (χ2n) is 12.4. The lowest BCUT2D eigenvalue weighted by molar-refractivity contribution is 0.223. The van der Waals surface area contributed by atoms with Gasteiger partial charge in [-0.15, -0.1) is 0 Å².